The number of thiazole rings is 1. The van der Waals surface area contributed by atoms with E-state index in [-0.39, 0.29) is 17.9 Å². The van der Waals surface area contributed by atoms with Crippen LogP contribution in [0.15, 0.2) is 24.3 Å². The summed E-state index contributed by atoms with van der Waals surface area (Å²) in [6.45, 7) is 3.22. The normalized spacial score (nSPS) is 23.3. The molecule has 0 spiro atoms. The summed E-state index contributed by atoms with van der Waals surface area (Å²) in [5, 5.41) is 3.42. The van der Waals surface area contributed by atoms with Crippen LogP contribution in [-0.4, -0.2) is 53.9 Å². The zero-order valence-electron chi connectivity index (χ0n) is 12.0. The maximum absolute atomic E-state index is 11.8. The van der Waals surface area contributed by atoms with Crippen molar-refractivity contribution in [3.8, 4) is 0 Å². The Kier molecular flexibility index (Phi) is 3.31. The number of anilines is 1. The molecule has 0 unspecified atom stereocenters. The van der Waals surface area contributed by atoms with Crippen LogP contribution in [0.2, 0.25) is 0 Å². The number of piperazine rings is 1. The molecule has 0 aliphatic carbocycles. The lowest BCUT2D eigenvalue weighted by molar-refractivity contribution is -0.126. The van der Waals surface area contributed by atoms with Gasteiger partial charge in [0.25, 0.3) is 0 Å². The number of hydrogen-bond acceptors (Lipinski definition) is 6. The van der Waals surface area contributed by atoms with Gasteiger partial charge in [-0.1, -0.05) is 23.5 Å². The van der Waals surface area contributed by atoms with Crippen molar-refractivity contribution in [1.82, 2.24) is 15.2 Å². The Morgan fingerprint density at radius 1 is 1.14 bits per heavy atom. The van der Waals surface area contributed by atoms with E-state index in [0.717, 1.165) is 36.8 Å². The van der Waals surface area contributed by atoms with Crippen molar-refractivity contribution >= 4 is 38.5 Å². The van der Waals surface area contributed by atoms with Crippen molar-refractivity contribution < 1.29 is 9.59 Å². The first kappa shape index (κ1) is 13.7. The summed E-state index contributed by atoms with van der Waals surface area (Å²) in [4.78, 5) is 32.1. The monoisotopic (exact) mass is 316 g/mol. The molecule has 1 N–H and O–H groups in total. The van der Waals surface area contributed by atoms with Crippen LogP contribution in [0.25, 0.3) is 10.2 Å². The number of imide groups is 1. The van der Waals surface area contributed by atoms with Crippen molar-refractivity contribution in [3.05, 3.63) is 24.3 Å². The first-order valence-electron chi connectivity index (χ1n) is 7.39. The predicted molar refractivity (Wildman–Crippen MR) is 85.0 cm³/mol. The van der Waals surface area contributed by atoms with E-state index in [2.05, 4.69) is 26.2 Å². The molecule has 4 rings (SSSR count). The van der Waals surface area contributed by atoms with Gasteiger partial charge in [-0.25, -0.2) is 4.98 Å². The molecule has 114 valence electrons. The van der Waals surface area contributed by atoms with E-state index in [1.807, 2.05) is 18.2 Å². The first-order valence-corrected chi connectivity index (χ1v) is 8.20. The fourth-order valence-electron chi connectivity index (χ4n) is 3.06. The number of carbonyl (C=O) groups is 2. The molecular formula is C15H16N4O2S. The number of nitrogens with one attached hydrogen (secondary N) is 1. The summed E-state index contributed by atoms with van der Waals surface area (Å²) < 4.78 is 1.20. The minimum Gasteiger partial charge on any atom is -0.345 e. The highest BCUT2D eigenvalue weighted by Crippen LogP contribution is 2.29. The van der Waals surface area contributed by atoms with E-state index < -0.39 is 0 Å². The lowest BCUT2D eigenvalue weighted by atomic mass is 10.2. The standard InChI is InChI=1S/C15H16N4O2S/c20-13-9-11(14(21)17-13)18-5-7-19(8-6-18)15-16-10-3-1-2-4-12(10)22-15/h1-4,11H,5-9H2,(H,17,20,21)/t11-/m0/s1. The van der Waals surface area contributed by atoms with E-state index in [1.165, 1.54) is 4.70 Å². The average molecular weight is 316 g/mol. The molecule has 2 aliphatic rings. The molecule has 2 aromatic rings. The molecule has 1 aromatic carbocycles. The van der Waals surface area contributed by atoms with Gasteiger partial charge in [-0.3, -0.25) is 19.8 Å². The van der Waals surface area contributed by atoms with Gasteiger partial charge in [-0.2, -0.15) is 0 Å². The number of amides is 2. The van der Waals surface area contributed by atoms with E-state index >= 15 is 0 Å². The predicted octanol–water partition coefficient (Wildman–Crippen LogP) is 0.833. The van der Waals surface area contributed by atoms with Crippen LogP contribution in [0.3, 0.4) is 0 Å². The zero-order valence-corrected chi connectivity index (χ0v) is 12.8. The third-order valence-electron chi connectivity index (χ3n) is 4.25. The number of nitrogens with zero attached hydrogens (tertiary/aromatic N) is 3. The molecule has 2 amide bonds. The number of aromatic nitrogens is 1. The number of fused-ring (bicyclic) bond motifs is 1. The highest BCUT2D eigenvalue weighted by Gasteiger charge is 2.36. The summed E-state index contributed by atoms with van der Waals surface area (Å²) in [6, 6.07) is 7.85. The van der Waals surface area contributed by atoms with Crippen LogP contribution in [0.1, 0.15) is 6.42 Å². The first-order chi connectivity index (χ1) is 10.7. The zero-order chi connectivity index (χ0) is 15.1. The van der Waals surface area contributed by atoms with Crippen molar-refractivity contribution in [2.45, 2.75) is 12.5 Å². The highest BCUT2D eigenvalue weighted by atomic mass is 32.1. The van der Waals surface area contributed by atoms with Gasteiger partial charge in [0.05, 0.1) is 22.7 Å². The third kappa shape index (κ3) is 2.36. The summed E-state index contributed by atoms with van der Waals surface area (Å²) >= 11 is 1.70. The van der Waals surface area contributed by atoms with Crippen molar-refractivity contribution in [3.63, 3.8) is 0 Å². The number of rotatable bonds is 2. The number of carbonyl (C=O) groups excluding carboxylic acids is 2. The largest absolute Gasteiger partial charge is 0.345 e. The fraction of sp³-hybridized carbons (Fsp3) is 0.400. The van der Waals surface area contributed by atoms with Crippen LogP contribution in [-0.2, 0) is 9.59 Å². The molecule has 7 heteroatoms. The van der Waals surface area contributed by atoms with Crippen molar-refractivity contribution in [2.75, 3.05) is 31.1 Å². The lowest BCUT2D eigenvalue weighted by Crippen LogP contribution is -2.52. The van der Waals surface area contributed by atoms with Gasteiger partial charge in [0.15, 0.2) is 5.13 Å². The maximum atomic E-state index is 11.8. The Morgan fingerprint density at radius 3 is 2.59 bits per heavy atom. The van der Waals surface area contributed by atoms with Crippen LogP contribution >= 0.6 is 11.3 Å². The molecule has 6 nitrogen and oxygen atoms in total. The topological polar surface area (TPSA) is 65.5 Å². The summed E-state index contributed by atoms with van der Waals surface area (Å²) in [5.41, 5.74) is 1.03. The Hall–Kier alpha value is -1.99. The Balaban J connectivity index is 1.45. The Labute approximate surface area is 131 Å². The molecule has 1 aromatic heterocycles. The van der Waals surface area contributed by atoms with Gasteiger partial charge in [-0.15, -0.1) is 0 Å². The Morgan fingerprint density at radius 2 is 1.91 bits per heavy atom. The van der Waals surface area contributed by atoms with Crippen molar-refractivity contribution in [2.24, 2.45) is 0 Å². The number of benzene rings is 1. The minimum absolute atomic E-state index is 0.154. The van der Waals surface area contributed by atoms with Gasteiger partial charge < -0.3 is 4.90 Å². The van der Waals surface area contributed by atoms with Crippen LogP contribution in [0, 0.1) is 0 Å². The molecule has 2 fully saturated rings. The Bertz CT molecular complexity index is 703. The van der Waals surface area contributed by atoms with E-state index in [4.69, 9.17) is 0 Å². The molecule has 0 radical (unpaired) electrons. The lowest BCUT2D eigenvalue weighted by Gasteiger charge is -2.36. The molecule has 2 aliphatic heterocycles. The molecule has 0 bridgehead atoms. The number of para-hydroxylation sites is 1. The molecular weight excluding hydrogens is 300 g/mol. The van der Waals surface area contributed by atoms with Crippen LogP contribution < -0.4 is 10.2 Å². The van der Waals surface area contributed by atoms with E-state index in [1.54, 1.807) is 11.3 Å². The van der Waals surface area contributed by atoms with Gasteiger partial charge in [0.1, 0.15) is 0 Å². The molecule has 3 heterocycles. The summed E-state index contributed by atoms with van der Waals surface area (Å²) in [7, 11) is 0. The van der Waals surface area contributed by atoms with Gasteiger partial charge >= 0.3 is 0 Å². The second kappa shape index (κ2) is 5.33. The molecule has 0 saturated carbocycles. The van der Waals surface area contributed by atoms with Crippen LogP contribution in [0.4, 0.5) is 5.13 Å². The second-order valence-electron chi connectivity index (χ2n) is 5.62. The molecule has 1 atom stereocenters. The quantitative estimate of drug-likeness (QED) is 0.832. The van der Waals surface area contributed by atoms with Crippen LogP contribution in [0.5, 0.6) is 0 Å². The van der Waals surface area contributed by atoms with E-state index in [9.17, 15) is 9.59 Å². The van der Waals surface area contributed by atoms with Gasteiger partial charge in [-0.05, 0) is 12.1 Å². The summed E-state index contributed by atoms with van der Waals surface area (Å²) in [6.07, 6.45) is 0.292. The molecule has 22 heavy (non-hydrogen) atoms. The van der Waals surface area contributed by atoms with Gasteiger partial charge in [0.2, 0.25) is 11.8 Å². The smallest absolute Gasteiger partial charge is 0.244 e. The fourth-order valence-corrected chi connectivity index (χ4v) is 4.07. The maximum Gasteiger partial charge on any atom is 0.244 e. The third-order valence-corrected chi connectivity index (χ3v) is 5.35. The SMILES string of the molecule is O=C1C[C@H](N2CCN(c3nc4ccccc4s3)CC2)C(=O)N1. The second-order valence-corrected chi connectivity index (χ2v) is 6.63. The van der Waals surface area contributed by atoms with Gasteiger partial charge in [0, 0.05) is 26.2 Å². The molecule has 2 saturated heterocycles. The minimum atomic E-state index is -0.287. The number of hydrogen-bond donors (Lipinski definition) is 1. The summed E-state index contributed by atoms with van der Waals surface area (Å²) in [5.74, 6) is -0.318. The highest BCUT2D eigenvalue weighted by molar-refractivity contribution is 7.22. The van der Waals surface area contributed by atoms with Crippen molar-refractivity contribution in [1.29, 1.82) is 0 Å². The average Bonchev–Trinajstić information content (AvgIpc) is 3.10. The van der Waals surface area contributed by atoms with E-state index in [0.29, 0.717) is 6.42 Å².